The fraction of sp³-hybridized carbons (Fsp3) is 0.0769. The first-order chi connectivity index (χ1) is 8.77. The minimum atomic E-state index is -1.49. The number of carbonyl (C=O) groups is 1. The maximum absolute atomic E-state index is 12.2. The summed E-state index contributed by atoms with van der Waals surface area (Å²) >= 11 is 0. The van der Waals surface area contributed by atoms with Crippen molar-refractivity contribution >= 4 is 16.9 Å². The van der Waals surface area contributed by atoms with Gasteiger partial charge >= 0.3 is 0 Å². The van der Waals surface area contributed by atoms with E-state index in [2.05, 4.69) is 4.98 Å². The number of carbonyl (C=O) groups excluding carboxylic acids is 1. The zero-order valence-corrected chi connectivity index (χ0v) is 10.3. The third kappa shape index (κ3) is 1.73. The Morgan fingerprint density at radius 3 is 2.61 bits per heavy atom. The summed E-state index contributed by atoms with van der Waals surface area (Å²) < 4.78 is 13.5. The van der Waals surface area contributed by atoms with Crippen LogP contribution in [0, 0.1) is 0 Å². The van der Waals surface area contributed by atoms with E-state index < -0.39 is 11.0 Å². The maximum Gasteiger partial charge on any atom is 0.269 e. The van der Waals surface area contributed by atoms with E-state index in [0.717, 1.165) is 5.56 Å². The molecule has 0 spiro atoms. The third-order valence-corrected chi connectivity index (χ3v) is 4.11. The number of benzene rings is 1. The lowest BCUT2D eigenvalue weighted by Gasteiger charge is -2.13. The molecule has 0 saturated carbocycles. The van der Waals surface area contributed by atoms with Crippen molar-refractivity contribution in [3.63, 3.8) is 0 Å². The topological polar surface area (TPSA) is 50.3 Å². The van der Waals surface area contributed by atoms with Gasteiger partial charge in [0.2, 0.25) is 0 Å². The Labute approximate surface area is 107 Å². The lowest BCUT2D eigenvalue weighted by atomic mass is 10.2. The number of pyridine rings is 1. The second-order valence-electron chi connectivity index (χ2n) is 3.93. The van der Waals surface area contributed by atoms with Gasteiger partial charge in [0, 0.05) is 6.20 Å². The highest BCUT2D eigenvalue weighted by atomic mass is 32.2. The summed E-state index contributed by atoms with van der Waals surface area (Å²) in [6, 6.07) is 12.8. The lowest BCUT2D eigenvalue weighted by Crippen LogP contribution is -2.25. The molecule has 0 radical (unpaired) electrons. The van der Waals surface area contributed by atoms with Crippen LogP contribution in [0.1, 0.15) is 15.9 Å². The first kappa shape index (κ1) is 11.1. The monoisotopic (exact) mass is 258 g/mol. The molecule has 1 atom stereocenters. The normalized spacial score (nSPS) is 17.9. The van der Waals surface area contributed by atoms with Crippen molar-refractivity contribution in [1.29, 1.82) is 0 Å². The zero-order valence-electron chi connectivity index (χ0n) is 9.45. The Morgan fingerprint density at radius 1 is 1.11 bits per heavy atom. The van der Waals surface area contributed by atoms with Crippen LogP contribution in [-0.2, 0) is 17.5 Å². The minimum Gasteiger partial charge on any atom is -0.268 e. The van der Waals surface area contributed by atoms with Crippen molar-refractivity contribution in [3.8, 4) is 0 Å². The van der Waals surface area contributed by atoms with E-state index in [1.54, 1.807) is 18.3 Å². The largest absolute Gasteiger partial charge is 0.269 e. The van der Waals surface area contributed by atoms with Gasteiger partial charge in [0.1, 0.15) is 0 Å². The summed E-state index contributed by atoms with van der Waals surface area (Å²) in [6.45, 7) is 0.336. The molecule has 90 valence electrons. The van der Waals surface area contributed by atoms with E-state index in [-0.39, 0.29) is 5.91 Å². The molecule has 0 fully saturated rings. The van der Waals surface area contributed by atoms with Crippen molar-refractivity contribution < 1.29 is 9.00 Å². The van der Waals surface area contributed by atoms with Gasteiger partial charge < -0.3 is 0 Å². The number of nitrogens with zero attached hydrogens (tertiary/aromatic N) is 2. The van der Waals surface area contributed by atoms with Crippen LogP contribution >= 0.6 is 0 Å². The summed E-state index contributed by atoms with van der Waals surface area (Å²) in [6.07, 6.45) is 1.55. The Kier molecular flexibility index (Phi) is 2.68. The highest BCUT2D eigenvalue weighted by Crippen LogP contribution is 2.26. The number of aromatic nitrogens is 1. The van der Waals surface area contributed by atoms with Crippen LogP contribution in [0.25, 0.3) is 0 Å². The van der Waals surface area contributed by atoms with Crippen LogP contribution in [0.4, 0.5) is 0 Å². The first-order valence-corrected chi connectivity index (χ1v) is 6.61. The fourth-order valence-corrected chi connectivity index (χ4v) is 3.10. The summed E-state index contributed by atoms with van der Waals surface area (Å²) in [5.41, 5.74) is 1.39. The summed E-state index contributed by atoms with van der Waals surface area (Å²) in [5.74, 6) is -0.222. The predicted molar refractivity (Wildman–Crippen MR) is 67.0 cm³/mol. The molecule has 18 heavy (non-hydrogen) atoms. The van der Waals surface area contributed by atoms with E-state index in [0.29, 0.717) is 17.1 Å². The second kappa shape index (κ2) is 4.34. The number of amides is 1. The van der Waals surface area contributed by atoms with E-state index in [1.165, 1.54) is 4.31 Å². The number of fused-ring (bicyclic) bond motifs is 1. The maximum atomic E-state index is 12.2. The van der Waals surface area contributed by atoms with Gasteiger partial charge in [-0.05, 0) is 17.7 Å². The van der Waals surface area contributed by atoms with Crippen LogP contribution in [0.2, 0.25) is 0 Å². The van der Waals surface area contributed by atoms with Crippen LogP contribution in [0.15, 0.2) is 53.7 Å². The number of rotatable bonds is 2. The summed E-state index contributed by atoms with van der Waals surface area (Å²) in [4.78, 5) is 16.1. The van der Waals surface area contributed by atoms with E-state index in [4.69, 9.17) is 0 Å². The van der Waals surface area contributed by atoms with Crippen LogP contribution in [0.5, 0.6) is 0 Å². The predicted octanol–water partition coefficient (Wildman–Crippen LogP) is 1.76. The first-order valence-electron chi connectivity index (χ1n) is 5.50. The Bertz CT molecular complexity index is 593. The molecule has 3 rings (SSSR count). The van der Waals surface area contributed by atoms with Crippen molar-refractivity contribution in [2.24, 2.45) is 0 Å². The minimum absolute atomic E-state index is 0.222. The van der Waals surface area contributed by atoms with Gasteiger partial charge in [-0.3, -0.25) is 4.79 Å². The van der Waals surface area contributed by atoms with Gasteiger partial charge in [0.25, 0.3) is 5.91 Å². The van der Waals surface area contributed by atoms with Crippen molar-refractivity contribution in [2.75, 3.05) is 0 Å². The molecule has 0 saturated heterocycles. The molecular formula is C13H10N2O2S. The highest BCUT2D eigenvalue weighted by Gasteiger charge is 2.35. The molecule has 2 aromatic rings. The van der Waals surface area contributed by atoms with E-state index >= 15 is 0 Å². The number of hydrogen-bond acceptors (Lipinski definition) is 3. The fourth-order valence-electron chi connectivity index (χ4n) is 1.89. The van der Waals surface area contributed by atoms with E-state index in [9.17, 15) is 9.00 Å². The molecule has 1 aromatic carbocycles. The van der Waals surface area contributed by atoms with Crippen LogP contribution in [0.3, 0.4) is 0 Å². The second-order valence-corrected chi connectivity index (χ2v) is 5.26. The SMILES string of the molecule is O=C1c2cccnc2S(=O)N1Cc1ccccc1. The Hall–Kier alpha value is -2.01. The van der Waals surface area contributed by atoms with Crippen LogP contribution in [-0.4, -0.2) is 19.4 Å². The molecule has 0 N–H and O–H groups in total. The van der Waals surface area contributed by atoms with Gasteiger partial charge in [0.15, 0.2) is 16.0 Å². The molecule has 4 nitrogen and oxygen atoms in total. The van der Waals surface area contributed by atoms with Gasteiger partial charge in [-0.15, -0.1) is 0 Å². The molecule has 1 unspecified atom stereocenters. The highest BCUT2D eigenvalue weighted by molar-refractivity contribution is 7.83. The average Bonchev–Trinajstić information content (AvgIpc) is 2.66. The molecule has 1 amide bonds. The standard InChI is InChI=1S/C13H10N2O2S/c16-13-11-7-4-8-14-12(11)18(17)15(13)9-10-5-2-1-3-6-10/h1-8H,9H2. The van der Waals surface area contributed by atoms with Gasteiger partial charge in [-0.25, -0.2) is 13.5 Å². The molecule has 0 bridgehead atoms. The third-order valence-electron chi connectivity index (χ3n) is 2.76. The Morgan fingerprint density at radius 2 is 1.89 bits per heavy atom. The molecule has 1 aliphatic heterocycles. The van der Waals surface area contributed by atoms with Crippen molar-refractivity contribution in [2.45, 2.75) is 11.6 Å². The van der Waals surface area contributed by atoms with Crippen molar-refractivity contribution in [3.05, 3.63) is 59.8 Å². The molecule has 5 heteroatoms. The molecule has 0 aliphatic carbocycles. The van der Waals surface area contributed by atoms with Gasteiger partial charge in [-0.1, -0.05) is 30.3 Å². The molecule has 2 heterocycles. The number of hydrogen-bond donors (Lipinski definition) is 0. The summed E-state index contributed by atoms with van der Waals surface area (Å²) in [5, 5.41) is 0.360. The quantitative estimate of drug-likeness (QED) is 0.824. The zero-order chi connectivity index (χ0) is 12.5. The van der Waals surface area contributed by atoms with Crippen LogP contribution < -0.4 is 0 Å². The smallest absolute Gasteiger partial charge is 0.268 e. The summed E-state index contributed by atoms with van der Waals surface area (Å²) in [7, 11) is -1.49. The van der Waals surface area contributed by atoms with Gasteiger partial charge in [-0.2, -0.15) is 0 Å². The average molecular weight is 258 g/mol. The molecule has 1 aromatic heterocycles. The molecular weight excluding hydrogens is 248 g/mol. The van der Waals surface area contributed by atoms with Crippen molar-refractivity contribution in [1.82, 2.24) is 9.29 Å². The molecule has 1 aliphatic rings. The Balaban J connectivity index is 1.93. The van der Waals surface area contributed by atoms with Gasteiger partial charge in [0.05, 0.1) is 12.1 Å². The lowest BCUT2D eigenvalue weighted by molar-refractivity contribution is 0.0868. The van der Waals surface area contributed by atoms with E-state index in [1.807, 2.05) is 30.3 Å².